The summed E-state index contributed by atoms with van der Waals surface area (Å²) in [4.78, 5) is 14.2. The topological polar surface area (TPSA) is 38.8 Å². The number of piperidine rings is 1. The second-order valence-electron chi connectivity index (χ2n) is 8.08. The lowest BCUT2D eigenvalue weighted by molar-refractivity contribution is -0.140. The molecule has 0 bridgehead atoms. The first-order chi connectivity index (χ1) is 10.8. The van der Waals surface area contributed by atoms with Crippen molar-refractivity contribution in [1.29, 1.82) is 0 Å². The second kappa shape index (κ2) is 7.73. The maximum atomic E-state index is 12.4. The monoisotopic (exact) mass is 389 g/mol. The molecule has 4 nitrogen and oxygen atoms in total. The molecule has 5 heteroatoms. The first kappa shape index (κ1) is 19.0. The number of hydrogen-bond donors (Lipinski definition) is 0. The Bertz CT molecular complexity index is 406. The normalized spacial score (nSPS) is 27.4. The Morgan fingerprint density at radius 2 is 2.04 bits per heavy atom. The largest absolute Gasteiger partial charge is 0.444 e. The molecule has 0 radical (unpaired) electrons. The summed E-state index contributed by atoms with van der Waals surface area (Å²) in [6, 6.07) is 0. The summed E-state index contributed by atoms with van der Waals surface area (Å²) in [6.07, 6.45) is 7.01. The van der Waals surface area contributed by atoms with Crippen LogP contribution in [0.1, 0.15) is 66.2 Å². The quantitative estimate of drug-likeness (QED) is 0.636. The molecule has 0 N–H and O–H groups in total. The standard InChI is InChI=1S/C18H32BrNO3/c1-5-15(14-8-6-9-14)22-18(12-19)10-7-11-20(13-18)16(21)23-17(2,3)4/h14-15H,5-13H2,1-4H3. The number of alkyl halides is 1. The first-order valence-corrected chi connectivity index (χ1v) is 10.1. The third kappa shape index (κ3) is 5.09. The van der Waals surface area contributed by atoms with Gasteiger partial charge in [0.25, 0.3) is 0 Å². The van der Waals surface area contributed by atoms with E-state index in [1.54, 1.807) is 0 Å². The van der Waals surface area contributed by atoms with E-state index in [0.717, 1.165) is 31.1 Å². The van der Waals surface area contributed by atoms with Crippen LogP contribution in [-0.2, 0) is 9.47 Å². The van der Waals surface area contributed by atoms with Crippen LogP contribution in [0.15, 0.2) is 0 Å². The lowest BCUT2D eigenvalue weighted by Crippen LogP contribution is -2.55. The number of ether oxygens (including phenoxy) is 2. The van der Waals surface area contributed by atoms with Crippen LogP contribution in [0.4, 0.5) is 4.79 Å². The summed E-state index contributed by atoms with van der Waals surface area (Å²) in [7, 11) is 0. The zero-order valence-electron chi connectivity index (χ0n) is 15.1. The van der Waals surface area contributed by atoms with Gasteiger partial charge in [-0.15, -0.1) is 0 Å². The van der Waals surface area contributed by atoms with Crippen molar-refractivity contribution in [1.82, 2.24) is 4.90 Å². The Kier molecular flexibility index (Phi) is 6.40. The van der Waals surface area contributed by atoms with E-state index in [2.05, 4.69) is 22.9 Å². The van der Waals surface area contributed by atoms with E-state index >= 15 is 0 Å². The van der Waals surface area contributed by atoms with Crippen molar-refractivity contribution in [3.63, 3.8) is 0 Å². The fourth-order valence-electron chi connectivity index (χ4n) is 3.46. The van der Waals surface area contributed by atoms with Crippen LogP contribution in [-0.4, -0.2) is 46.7 Å². The van der Waals surface area contributed by atoms with E-state index in [0.29, 0.717) is 18.6 Å². The third-order valence-electron chi connectivity index (χ3n) is 4.91. The Morgan fingerprint density at radius 3 is 2.52 bits per heavy atom. The van der Waals surface area contributed by atoms with Gasteiger partial charge in [0.15, 0.2) is 0 Å². The van der Waals surface area contributed by atoms with E-state index in [1.807, 2.05) is 25.7 Å². The van der Waals surface area contributed by atoms with Crippen molar-refractivity contribution < 1.29 is 14.3 Å². The molecule has 2 fully saturated rings. The molecule has 1 saturated heterocycles. The molecular weight excluding hydrogens is 358 g/mol. The highest BCUT2D eigenvalue weighted by atomic mass is 79.9. The van der Waals surface area contributed by atoms with Crippen LogP contribution in [0.5, 0.6) is 0 Å². The molecule has 134 valence electrons. The summed E-state index contributed by atoms with van der Waals surface area (Å²) in [5, 5.41) is 0.766. The van der Waals surface area contributed by atoms with Crippen molar-refractivity contribution in [2.45, 2.75) is 83.5 Å². The molecule has 2 unspecified atom stereocenters. The fourth-order valence-corrected chi connectivity index (χ4v) is 4.05. The van der Waals surface area contributed by atoms with Crippen molar-refractivity contribution in [3.8, 4) is 0 Å². The van der Waals surface area contributed by atoms with Gasteiger partial charge in [0.05, 0.1) is 18.2 Å². The van der Waals surface area contributed by atoms with Gasteiger partial charge in [0.1, 0.15) is 5.60 Å². The highest BCUT2D eigenvalue weighted by Crippen LogP contribution is 2.37. The Morgan fingerprint density at radius 1 is 1.35 bits per heavy atom. The summed E-state index contributed by atoms with van der Waals surface area (Å²) < 4.78 is 12.1. The van der Waals surface area contributed by atoms with Gasteiger partial charge in [0.2, 0.25) is 0 Å². The highest BCUT2D eigenvalue weighted by Gasteiger charge is 2.42. The number of amides is 1. The average Bonchev–Trinajstić information content (AvgIpc) is 2.43. The molecule has 2 atom stereocenters. The molecule has 1 saturated carbocycles. The van der Waals surface area contributed by atoms with Crippen LogP contribution in [0.3, 0.4) is 0 Å². The highest BCUT2D eigenvalue weighted by molar-refractivity contribution is 9.09. The molecular formula is C18H32BrNO3. The van der Waals surface area contributed by atoms with Crippen molar-refractivity contribution in [2.75, 3.05) is 18.4 Å². The molecule has 1 aliphatic carbocycles. The van der Waals surface area contributed by atoms with Crippen molar-refractivity contribution in [3.05, 3.63) is 0 Å². The summed E-state index contributed by atoms with van der Waals surface area (Å²) in [5.74, 6) is 0.702. The predicted molar refractivity (Wildman–Crippen MR) is 96.1 cm³/mol. The van der Waals surface area contributed by atoms with Crippen LogP contribution in [0.2, 0.25) is 0 Å². The number of carbonyl (C=O) groups is 1. The first-order valence-electron chi connectivity index (χ1n) is 9.00. The Hall–Kier alpha value is -0.290. The van der Waals surface area contributed by atoms with Gasteiger partial charge in [-0.3, -0.25) is 0 Å². The number of hydrogen-bond acceptors (Lipinski definition) is 3. The van der Waals surface area contributed by atoms with E-state index in [4.69, 9.17) is 9.47 Å². The molecule has 0 spiro atoms. The Balaban J connectivity index is 2.01. The van der Waals surface area contributed by atoms with Crippen LogP contribution in [0, 0.1) is 5.92 Å². The molecule has 0 aromatic carbocycles. The van der Waals surface area contributed by atoms with E-state index in [9.17, 15) is 4.79 Å². The molecule has 0 aromatic heterocycles. The smallest absolute Gasteiger partial charge is 0.410 e. The second-order valence-corrected chi connectivity index (χ2v) is 8.64. The SMILES string of the molecule is CCC(OC1(CBr)CCCN(C(=O)OC(C)(C)C)C1)C1CCC1. The van der Waals surface area contributed by atoms with E-state index in [1.165, 1.54) is 19.3 Å². The third-order valence-corrected chi connectivity index (χ3v) is 5.94. The fraction of sp³-hybridized carbons (Fsp3) is 0.944. The van der Waals surface area contributed by atoms with Gasteiger partial charge in [0, 0.05) is 11.9 Å². The molecule has 1 heterocycles. The number of likely N-dealkylation sites (tertiary alicyclic amines) is 1. The lowest BCUT2D eigenvalue weighted by Gasteiger charge is -2.46. The maximum absolute atomic E-state index is 12.4. The molecule has 23 heavy (non-hydrogen) atoms. The van der Waals surface area contributed by atoms with Gasteiger partial charge < -0.3 is 14.4 Å². The molecule has 1 aliphatic heterocycles. The molecule has 2 rings (SSSR count). The number of rotatable bonds is 5. The van der Waals surface area contributed by atoms with Gasteiger partial charge in [-0.2, -0.15) is 0 Å². The van der Waals surface area contributed by atoms with Crippen LogP contribution in [0.25, 0.3) is 0 Å². The zero-order chi connectivity index (χ0) is 17.1. The summed E-state index contributed by atoms with van der Waals surface area (Å²) in [5.41, 5.74) is -0.726. The van der Waals surface area contributed by atoms with E-state index in [-0.39, 0.29) is 11.7 Å². The molecule has 2 aliphatic rings. The minimum absolute atomic E-state index is 0.220. The average molecular weight is 390 g/mol. The minimum Gasteiger partial charge on any atom is -0.444 e. The number of carbonyl (C=O) groups excluding carboxylic acids is 1. The van der Waals surface area contributed by atoms with Gasteiger partial charge in [-0.1, -0.05) is 29.3 Å². The summed E-state index contributed by atoms with van der Waals surface area (Å²) >= 11 is 3.65. The van der Waals surface area contributed by atoms with Gasteiger partial charge in [-0.25, -0.2) is 4.79 Å². The van der Waals surface area contributed by atoms with Gasteiger partial charge in [-0.05, 0) is 58.8 Å². The number of nitrogens with zero attached hydrogens (tertiary/aromatic N) is 1. The minimum atomic E-state index is -0.454. The van der Waals surface area contributed by atoms with E-state index < -0.39 is 5.60 Å². The summed E-state index contributed by atoms with van der Waals surface area (Å²) in [6.45, 7) is 9.31. The van der Waals surface area contributed by atoms with Crippen molar-refractivity contribution in [2.24, 2.45) is 5.92 Å². The number of halogens is 1. The maximum Gasteiger partial charge on any atom is 0.410 e. The predicted octanol–water partition coefficient (Wildman–Crippen LogP) is 4.75. The molecule has 1 amide bonds. The van der Waals surface area contributed by atoms with Gasteiger partial charge >= 0.3 is 6.09 Å². The zero-order valence-corrected chi connectivity index (χ0v) is 16.7. The lowest BCUT2D eigenvalue weighted by atomic mass is 9.79. The molecule has 0 aromatic rings. The van der Waals surface area contributed by atoms with Crippen LogP contribution >= 0.6 is 15.9 Å². The van der Waals surface area contributed by atoms with Crippen molar-refractivity contribution >= 4 is 22.0 Å². The Labute approximate surface area is 149 Å². The van der Waals surface area contributed by atoms with Crippen LogP contribution < -0.4 is 0 Å².